The summed E-state index contributed by atoms with van der Waals surface area (Å²) in [5.74, 6) is -1.44. The number of aromatic nitrogens is 1. The SMILES string of the molecule is Cl.NC(=O)Cc1cnc(Nc2ccc(NC(=O)[C@@H]3CCCN3)cc2)cc1NCc1cc(F)cc(F)c1. The molecule has 8 nitrogen and oxygen atoms in total. The van der Waals surface area contributed by atoms with E-state index in [0.717, 1.165) is 31.1 Å². The smallest absolute Gasteiger partial charge is 0.241 e. The molecule has 6 N–H and O–H groups in total. The van der Waals surface area contributed by atoms with Gasteiger partial charge in [-0.05, 0) is 61.3 Å². The topological polar surface area (TPSA) is 121 Å². The fraction of sp³-hybridized carbons (Fsp3) is 0.240. The van der Waals surface area contributed by atoms with Crippen molar-refractivity contribution in [3.63, 3.8) is 0 Å². The molecule has 4 rings (SSSR count). The van der Waals surface area contributed by atoms with Crippen molar-refractivity contribution >= 4 is 47.1 Å². The summed E-state index contributed by atoms with van der Waals surface area (Å²) in [6, 6.07) is 12.0. The minimum atomic E-state index is -0.671. The summed E-state index contributed by atoms with van der Waals surface area (Å²) in [6.45, 7) is 0.982. The van der Waals surface area contributed by atoms with Gasteiger partial charge in [-0.1, -0.05) is 0 Å². The number of nitrogens with two attached hydrogens (primary N) is 1. The molecule has 11 heteroatoms. The highest BCUT2D eigenvalue weighted by Gasteiger charge is 2.21. The third-order valence-electron chi connectivity index (χ3n) is 5.56. The van der Waals surface area contributed by atoms with Crippen molar-refractivity contribution in [1.29, 1.82) is 0 Å². The molecule has 0 spiro atoms. The van der Waals surface area contributed by atoms with Crippen LogP contribution in [0.5, 0.6) is 0 Å². The van der Waals surface area contributed by atoms with Crippen LogP contribution in [0.25, 0.3) is 0 Å². The van der Waals surface area contributed by atoms with Crippen LogP contribution >= 0.6 is 12.4 Å². The Morgan fingerprint density at radius 2 is 1.75 bits per heavy atom. The molecule has 2 aromatic carbocycles. The van der Waals surface area contributed by atoms with Gasteiger partial charge >= 0.3 is 0 Å². The lowest BCUT2D eigenvalue weighted by atomic mass is 10.1. The molecule has 1 atom stereocenters. The van der Waals surface area contributed by atoms with Gasteiger partial charge < -0.3 is 27.0 Å². The number of primary amides is 1. The van der Waals surface area contributed by atoms with Gasteiger partial charge in [-0.2, -0.15) is 0 Å². The lowest BCUT2D eigenvalue weighted by molar-refractivity contribution is -0.118. The zero-order valence-corrected chi connectivity index (χ0v) is 20.1. The van der Waals surface area contributed by atoms with E-state index in [4.69, 9.17) is 5.73 Å². The highest BCUT2D eigenvalue weighted by molar-refractivity contribution is 5.95. The van der Waals surface area contributed by atoms with Crippen LogP contribution < -0.4 is 27.0 Å². The molecule has 1 saturated heterocycles. The molecule has 1 fully saturated rings. The van der Waals surface area contributed by atoms with E-state index < -0.39 is 17.5 Å². The number of anilines is 4. The molecule has 0 bridgehead atoms. The minimum Gasteiger partial charge on any atom is -0.381 e. The maximum absolute atomic E-state index is 13.5. The Balaban J connectivity index is 0.00000361. The Morgan fingerprint density at radius 3 is 2.39 bits per heavy atom. The average molecular weight is 517 g/mol. The fourth-order valence-electron chi connectivity index (χ4n) is 3.88. The van der Waals surface area contributed by atoms with Crippen molar-refractivity contribution in [2.45, 2.75) is 31.8 Å². The number of benzene rings is 2. The lowest BCUT2D eigenvalue weighted by Crippen LogP contribution is -2.35. The predicted octanol–water partition coefficient (Wildman–Crippen LogP) is 3.86. The molecular formula is C25H27ClF2N6O2. The van der Waals surface area contributed by atoms with E-state index in [2.05, 4.69) is 26.3 Å². The minimum absolute atomic E-state index is 0. The first kappa shape index (κ1) is 26.8. The van der Waals surface area contributed by atoms with Crippen molar-refractivity contribution in [1.82, 2.24) is 10.3 Å². The lowest BCUT2D eigenvalue weighted by Gasteiger charge is -2.15. The Kier molecular flexibility index (Phi) is 9.15. The molecule has 0 radical (unpaired) electrons. The third-order valence-corrected chi connectivity index (χ3v) is 5.56. The quantitative estimate of drug-likeness (QED) is 0.294. The van der Waals surface area contributed by atoms with Gasteiger partial charge in [0, 0.05) is 47.5 Å². The Bertz CT molecular complexity index is 1200. The summed E-state index contributed by atoms with van der Waals surface area (Å²) in [7, 11) is 0. The number of amides is 2. The van der Waals surface area contributed by atoms with E-state index in [-0.39, 0.29) is 37.3 Å². The van der Waals surface area contributed by atoms with E-state index >= 15 is 0 Å². The average Bonchev–Trinajstić information content (AvgIpc) is 3.35. The summed E-state index contributed by atoms with van der Waals surface area (Å²) in [5, 5.41) is 12.3. The molecule has 1 aliphatic heterocycles. The highest BCUT2D eigenvalue weighted by Crippen LogP contribution is 2.24. The zero-order valence-electron chi connectivity index (χ0n) is 19.3. The molecule has 0 unspecified atom stereocenters. The van der Waals surface area contributed by atoms with Gasteiger partial charge in [-0.25, -0.2) is 13.8 Å². The molecule has 2 heterocycles. The number of hydrogen-bond acceptors (Lipinski definition) is 6. The first-order valence-corrected chi connectivity index (χ1v) is 11.2. The van der Waals surface area contributed by atoms with E-state index in [0.29, 0.717) is 28.3 Å². The maximum atomic E-state index is 13.5. The van der Waals surface area contributed by atoms with Crippen molar-refractivity contribution in [3.8, 4) is 0 Å². The van der Waals surface area contributed by atoms with Crippen LogP contribution in [0, 0.1) is 11.6 Å². The van der Waals surface area contributed by atoms with Crippen LogP contribution in [-0.4, -0.2) is 29.4 Å². The summed E-state index contributed by atoms with van der Waals surface area (Å²) >= 11 is 0. The van der Waals surface area contributed by atoms with Gasteiger partial charge in [-0.15, -0.1) is 12.4 Å². The molecule has 36 heavy (non-hydrogen) atoms. The molecule has 1 aromatic heterocycles. The summed E-state index contributed by atoms with van der Waals surface area (Å²) < 4.78 is 27.0. The van der Waals surface area contributed by atoms with Gasteiger partial charge in [0.15, 0.2) is 0 Å². The third kappa shape index (κ3) is 7.37. The monoisotopic (exact) mass is 516 g/mol. The second kappa shape index (κ2) is 12.3. The normalized spacial score (nSPS) is 14.6. The van der Waals surface area contributed by atoms with E-state index in [1.807, 2.05) is 0 Å². The van der Waals surface area contributed by atoms with Gasteiger partial charge in [0.05, 0.1) is 12.5 Å². The van der Waals surface area contributed by atoms with Crippen LogP contribution in [0.3, 0.4) is 0 Å². The number of nitrogens with zero attached hydrogens (tertiary/aromatic N) is 1. The van der Waals surface area contributed by atoms with Gasteiger partial charge in [0.1, 0.15) is 17.5 Å². The number of hydrogen-bond donors (Lipinski definition) is 5. The van der Waals surface area contributed by atoms with Crippen LogP contribution in [-0.2, 0) is 22.6 Å². The number of pyridine rings is 1. The van der Waals surface area contributed by atoms with Crippen molar-refractivity contribution in [2.24, 2.45) is 5.73 Å². The highest BCUT2D eigenvalue weighted by atomic mass is 35.5. The number of halogens is 3. The number of rotatable bonds is 9. The first-order valence-electron chi connectivity index (χ1n) is 11.2. The van der Waals surface area contributed by atoms with Crippen LogP contribution in [0.15, 0.2) is 54.7 Å². The van der Waals surface area contributed by atoms with E-state index in [1.54, 1.807) is 30.3 Å². The Morgan fingerprint density at radius 1 is 1.06 bits per heavy atom. The largest absolute Gasteiger partial charge is 0.381 e. The molecule has 3 aromatic rings. The summed E-state index contributed by atoms with van der Waals surface area (Å²) in [4.78, 5) is 28.1. The van der Waals surface area contributed by atoms with Crippen LogP contribution in [0.1, 0.15) is 24.0 Å². The molecule has 1 aliphatic rings. The van der Waals surface area contributed by atoms with Crippen LogP contribution in [0.2, 0.25) is 0 Å². The molecule has 2 amide bonds. The Labute approximate surface area is 213 Å². The number of carbonyl (C=O) groups excluding carboxylic acids is 2. The predicted molar refractivity (Wildman–Crippen MR) is 137 cm³/mol. The first-order chi connectivity index (χ1) is 16.9. The summed E-state index contributed by atoms with van der Waals surface area (Å²) in [6.07, 6.45) is 3.29. The molecule has 190 valence electrons. The van der Waals surface area contributed by atoms with Gasteiger partial charge in [-0.3, -0.25) is 9.59 Å². The van der Waals surface area contributed by atoms with Gasteiger partial charge in [0.25, 0.3) is 0 Å². The number of nitrogens with one attached hydrogen (secondary N) is 4. The standard InChI is InChI=1S/C25H26F2N6O2.ClH/c26-17-8-15(9-18(27)11-17)13-30-22-12-24(31-14-16(22)10-23(28)34)32-19-3-5-20(6-4-19)33-25(35)21-2-1-7-29-21;/h3-6,8-9,11-12,14,21,29H,1-2,7,10,13H2,(H2,28,34)(H,33,35)(H2,30,31,32);1H/t21-;/m0./s1. The number of carbonyl (C=O) groups is 2. The second-order valence-electron chi connectivity index (χ2n) is 8.34. The van der Waals surface area contributed by atoms with Crippen molar-refractivity contribution in [3.05, 3.63) is 77.5 Å². The van der Waals surface area contributed by atoms with E-state index in [9.17, 15) is 18.4 Å². The fourth-order valence-corrected chi connectivity index (χ4v) is 3.88. The van der Waals surface area contributed by atoms with Crippen molar-refractivity contribution in [2.75, 3.05) is 22.5 Å². The van der Waals surface area contributed by atoms with Crippen molar-refractivity contribution < 1.29 is 18.4 Å². The Hall–Kier alpha value is -3.76. The summed E-state index contributed by atoms with van der Waals surface area (Å²) in [5.41, 5.74) is 8.28. The van der Waals surface area contributed by atoms with Gasteiger partial charge in [0.2, 0.25) is 11.8 Å². The molecular weight excluding hydrogens is 490 g/mol. The maximum Gasteiger partial charge on any atom is 0.241 e. The second-order valence-corrected chi connectivity index (χ2v) is 8.34. The van der Waals surface area contributed by atoms with Crippen LogP contribution in [0.4, 0.5) is 31.7 Å². The van der Waals surface area contributed by atoms with E-state index in [1.165, 1.54) is 18.3 Å². The molecule has 0 aliphatic carbocycles. The zero-order chi connectivity index (χ0) is 24.8. The molecule has 0 saturated carbocycles.